The van der Waals surface area contributed by atoms with E-state index in [2.05, 4.69) is 5.32 Å². The van der Waals surface area contributed by atoms with Crippen LogP contribution in [0.3, 0.4) is 0 Å². The number of Topliss-reactive ketones (excluding diaryl/α,β-unsaturated/α-hetero) is 1. The summed E-state index contributed by atoms with van der Waals surface area (Å²) in [6, 6.07) is 12.3. The van der Waals surface area contributed by atoms with Gasteiger partial charge >= 0.3 is 0 Å². The minimum Gasteiger partial charge on any atom is -0.326 e. The fraction of sp³-hybridized carbons (Fsp3) is 0.300. The Morgan fingerprint density at radius 2 is 1.81 bits per heavy atom. The van der Waals surface area contributed by atoms with E-state index in [1.54, 1.807) is 18.2 Å². The first-order chi connectivity index (χ1) is 12.1. The van der Waals surface area contributed by atoms with E-state index in [4.69, 9.17) is 23.2 Å². The Hall–Kier alpha value is -1.49. The van der Waals surface area contributed by atoms with Gasteiger partial charge in [-0.05, 0) is 41.8 Å². The number of hydrogen-bond donors (Lipinski definition) is 1. The number of amides is 1. The molecule has 0 spiro atoms. The van der Waals surface area contributed by atoms with Crippen LogP contribution in [0, 0.1) is 5.41 Å². The van der Waals surface area contributed by atoms with Gasteiger partial charge in [0.1, 0.15) is 0 Å². The highest BCUT2D eigenvalue weighted by atomic mass is 35.5. The van der Waals surface area contributed by atoms with Crippen molar-refractivity contribution in [3.63, 3.8) is 0 Å². The van der Waals surface area contributed by atoms with E-state index in [-0.39, 0.29) is 22.9 Å². The molecule has 0 radical (unpaired) electrons. The van der Waals surface area contributed by atoms with E-state index in [1.165, 1.54) is 11.8 Å². The minimum atomic E-state index is -0.0705. The molecule has 26 heavy (non-hydrogen) atoms. The van der Waals surface area contributed by atoms with Crippen LogP contribution >= 0.6 is 35.0 Å². The molecule has 0 aliphatic carbocycles. The topological polar surface area (TPSA) is 46.2 Å². The molecule has 0 saturated carbocycles. The van der Waals surface area contributed by atoms with Crippen molar-refractivity contribution in [2.24, 2.45) is 5.41 Å². The van der Waals surface area contributed by atoms with Crippen LogP contribution in [0.1, 0.15) is 37.6 Å². The molecule has 0 fully saturated rings. The Balaban J connectivity index is 1.98. The molecule has 2 aromatic carbocycles. The lowest BCUT2D eigenvalue weighted by molar-refractivity contribution is -0.117. The zero-order valence-electron chi connectivity index (χ0n) is 14.9. The first kappa shape index (κ1) is 20.8. The van der Waals surface area contributed by atoms with Crippen molar-refractivity contribution in [3.05, 3.63) is 58.1 Å². The summed E-state index contributed by atoms with van der Waals surface area (Å²) in [5.74, 6) is 0.156. The molecular weight excluding hydrogens is 389 g/mol. The van der Waals surface area contributed by atoms with Crippen LogP contribution < -0.4 is 5.32 Å². The lowest BCUT2D eigenvalue weighted by Gasteiger charge is -2.17. The van der Waals surface area contributed by atoms with Gasteiger partial charge in [-0.25, -0.2) is 0 Å². The molecule has 2 rings (SSSR count). The van der Waals surface area contributed by atoms with E-state index in [0.29, 0.717) is 22.0 Å². The molecule has 0 atom stereocenters. The average Bonchev–Trinajstić information content (AvgIpc) is 2.51. The van der Waals surface area contributed by atoms with Gasteiger partial charge in [0.25, 0.3) is 0 Å². The fourth-order valence-corrected chi connectivity index (χ4v) is 3.64. The van der Waals surface area contributed by atoms with E-state index in [9.17, 15) is 9.59 Å². The maximum atomic E-state index is 12.4. The second kappa shape index (κ2) is 8.94. The van der Waals surface area contributed by atoms with Gasteiger partial charge < -0.3 is 5.32 Å². The summed E-state index contributed by atoms with van der Waals surface area (Å²) in [4.78, 5) is 25.3. The molecule has 0 bridgehead atoms. The normalized spacial score (nSPS) is 11.3. The lowest BCUT2D eigenvalue weighted by atomic mass is 9.92. The molecule has 0 heterocycles. The zero-order chi connectivity index (χ0) is 19.3. The number of thioether (sulfide) groups is 1. The third-order valence-corrected chi connectivity index (χ3v) is 4.95. The van der Waals surface area contributed by atoms with Gasteiger partial charge in [0.15, 0.2) is 5.78 Å². The second-order valence-electron chi connectivity index (χ2n) is 7.15. The van der Waals surface area contributed by atoms with Crippen LogP contribution in [0.4, 0.5) is 5.69 Å². The molecule has 3 nitrogen and oxygen atoms in total. The second-order valence-corrected chi connectivity index (χ2v) is 9.04. The molecule has 2 aromatic rings. The molecule has 0 aromatic heterocycles. The Labute approximate surface area is 168 Å². The highest BCUT2D eigenvalue weighted by Gasteiger charge is 2.16. The van der Waals surface area contributed by atoms with Gasteiger partial charge in [0, 0.05) is 27.6 Å². The van der Waals surface area contributed by atoms with Crippen molar-refractivity contribution in [2.75, 3.05) is 11.1 Å². The summed E-state index contributed by atoms with van der Waals surface area (Å²) in [5.41, 5.74) is 1.11. The van der Waals surface area contributed by atoms with Gasteiger partial charge in [-0.3, -0.25) is 9.59 Å². The summed E-state index contributed by atoms with van der Waals surface area (Å²) in [5, 5.41) is 3.75. The molecule has 0 aliphatic rings. The third-order valence-electron chi connectivity index (χ3n) is 3.41. The largest absolute Gasteiger partial charge is 0.326 e. The summed E-state index contributed by atoms with van der Waals surface area (Å²) in [7, 11) is 0. The standard InChI is InChI=1S/C20H21Cl2NO2S/c1-20(2,3)11-19(25)23-14-5-4-6-15(10-14)26-12-18(24)16-8-7-13(21)9-17(16)22/h4-10H,11-12H2,1-3H3,(H,23,25). The molecule has 6 heteroatoms. The number of benzene rings is 2. The van der Waals surface area contributed by atoms with Crippen LogP contribution in [0.5, 0.6) is 0 Å². The lowest BCUT2D eigenvalue weighted by Crippen LogP contribution is -2.19. The van der Waals surface area contributed by atoms with Crippen molar-refractivity contribution in [3.8, 4) is 0 Å². The molecular formula is C20H21Cl2NO2S. The predicted molar refractivity (Wildman–Crippen MR) is 111 cm³/mol. The number of hydrogen-bond acceptors (Lipinski definition) is 3. The van der Waals surface area contributed by atoms with E-state index < -0.39 is 0 Å². The van der Waals surface area contributed by atoms with Crippen LogP contribution in [0.15, 0.2) is 47.4 Å². The highest BCUT2D eigenvalue weighted by molar-refractivity contribution is 8.00. The average molecular weight is 410 g/mol. The SMILES string of the molecule is CC(C)(C)CC(=O)Nc1cccc(SCC(=O)c2ccc(Cl)cc2Cl)c1. The Bertz CT molecular complexity index is 816. The van der Waals surface area contributed by atoms with Crippen molar-refractivity contribution in [1.82, 2.24) is 0 Å². The molecule has 0 saturated heterocycles. The summed E-state index contributed by atoms with van der Waals surface area (Å²) in [6.07, 6.45) is 0.442. The molecule has 0 aliphatic heterocycles. The van der Waals surface area contributed by atoms with E-state index >= 15 is 0 Å². The van der Waals surface area contributed by atoms with Crippen molar-refractivity contribution >= 4 is 52.3 Å². The van der Waals surface area contributed by atoms with Crippen molar-refractivity contribution < 1.29 is 9.59 Å². The first-order valence-corrected chi connectivity index (χ1v) is 9.89. The van der Waals surface area contributed by atoms with Crippen molar-refractivity contribution in [1.29, 1.82) is 0 Å². The third kappa shape index (κ3) is 6.67. The fourth-order valence-electron chi connectivity index (χ4n) is 2.29. The first-order valence-electron chi connectivity index (χ1n) is 8.15. The summed E-state index contributed by atoms with van der Waals surface area (Å²) < 4.78 is 0. The molecule has 138 valence electrons. The summed E-state index contributed by atoms with van der Waals surface area (Å²) >= 11 is 13.3. The van der Waals surface area contributed by atoms with Gasteiger partial charge in [-0.1, -0.05) is 50.0 Å². The Morgan fingerprint density at radius 3 is 2.46 bits per heavy atom. The smallest absolute Gasteiger partial charge is 0.224 e. The number of halogens is 2. The molecule has 1 amide bonds. The van der Waals surface area contributed by atoms with Crippen LogP contribution in [0.25, 0.3) is 0 Å². The minimum absolute atomic E-state index is 0.0244. The van der Waals surface area contributed by atoms with E-state index in [0.717, 1.165) is 10.6 Å². The van der Waals surface area contributed by atoms with E-state index in [1.807, 2.05) is 45.0 Å². The maximum Gasteiger partial charge on any atom is 0.224 e. The summed E-state index contributed by atoms with van der Waals surface area (Å²) in [6.45, 7) is 6.06. The van der Waals surface area contributed by atoms with Gasteiger partial charge in [-0.15, -0.1) is 11.8 Å². The number of carbonyl (C=O) groups is 2. The van der Waals surface area contributed by atoms with Crippen LogP contribution in [0.2, 0.25) is 10.0 Å². The van der Waals surface area contributed by atoms with Gasteiger partial charge in [0.05, 0.1) is 10.8 Å². The number of nitrogens with one attached hydrogen (secondary N) is 1. The predicted octanol–water partition coefficient (Wildman–Crippen LogP) is 6.34. The molecule has 1 N–H and O–H groups in total. The van der Waals surface area contributed by atoms with Crippen LogP contribution in [-0.4, -0.2) is 17.4 Å². The molecule has 0 unspecified atom stereocenters. The monoisotopic (exact) mass is 409 g/mol. The maximum absolute atomic E-state index is 12.4. The number of ketones is 1. The number of anilines is 1. The van der Waals surface area contributed by atoms with Crippen molar-refractivity contribution in [2.45, 2.75) is 32.1 Å². The Morgan fingerprint density at radius 1 is 1.08 bits per heavy atom. The number of rotatable bonds is 6. The highest BCUT2D eigenvalue weighted by Crippen LogP contribution is 2.26. The quantitative estimate of drug-likeness (QED) is 0.446. The van der Waals surface area contributed by atoms with Gasteiger partial charge in [-0.2, -0.15) is 0 Å². The van der Waals surface area contributed by atoms with Gasteiger partial charge in [0.2, 0.25) is 5.91 Å². The Kier molecular flexibility index (Phi) is 7.16. The number of carbonyl (C=O) groups excluding carboxylic acids is 2. The zero-order valence-corrected chi connectivity index (χ0v) is 17.3. The van der Waals surface area contributed by atoms with Crippen LogP contribution in [-0.2, 0) is 4.79 Å².